The highest BCUT2D eigenvalue weighted by atomic mass is 19.1. The van der Waals surface area contributed by atoms with Crippen LogP contribution in [0.15, 0.2) is 24.3 Å². The molecule has 18 heavy (non-hydrogen) atoms. The lowest BCUT2D eigenvalue weighted by atomic mass is 10.0. The van der Waals surface area contributed by atoms with Crippen LogP contribution in [0.25, 0.3) is 0 Å². The first-order chi connectivity index (χ1) is 8.45. The summed E-state index contributed by atoms with van der Waals surface area (Å²) in [5.41, 5.74) is 11.9. The van der Waals surface area contributed by atoms with Crippen molar-refractivity contribution in [1.29, 1.82) is 0 Å². The minimum absolute atomic E-state index is 0.121. The van der Waals surface area contributed by atoms with E-state index in [0.717, 1.165) is 5.56 Å². The first-order valence-corrected chi connectivity index (χ1v) is 5.95. The first kappa shape index (κ1) is 14.6. The molecule has 4 nitrogen and oxygen atoms in total. The van der Waals surface area contributed by atoms with Crippen molar-refractivity contribution < 1.29 is 9.18 Å². The Kier molecular flexibility index (Phi) is 5.25. The molecule has 1 unspecified atom stereocenters. The third-order valence-corrected chi connectivity index (χ3v) is 2.88. The maximum atomic E-state index is 12.9. The van der Waals surface area contributed by atoms with Gasteiger partial charge in [0.2, 0.25) is 5.91 Å². The van der Waals surface area contributed by atoms with Gasteiger partial charge in [-0.05, 0) is 31.5 Å². The quantitative estimate of drug-likeness (QED) is 0.795. The molecule has 1 aromatic carbocycles. The number of rotatable bonds is 6. The topological polar surface area (TPSA) is 72.3 Å². The second kappa shape index (κ2) is 6.47. The maximum Gasteiger partial charge on any atom is 0.231 e. The van der Waals surface area contributed by atoms with Gasteiger partial charge in [-0.2, -0.15) is 0 Å². The number of carbonyl (C=O) groups is 1. The largest absolute Gasteiger partial charge is 0.369 e. The molecule has 5 heteroatoms. The van der Waals surface area contributed by atoms with Crippen LogP contribution in [0.3, 0.4) is 0 Å². The summed E-state index contributed by atoms with van der Waals surface area (Å²) in [5, 5.41) is 0. The Morgan fingerprint density at radius 2 is 1.89 bits per heavy atom. The number of carbonyl (C=O) groups excluding carboxylic acids is 1. The van der Waals surface area contributed by atoms with Crippen molar-refractivity contribution in [2.24, 2.45) is 11.5 Å². The van der Waals surface area contributed by atoms with E-state index >= 15 is 0 Å². The Morgan fingerprint density at radius 3 is 2.28 bits per heavy atom. The Balaban J connectivity index is 2.97. The van der Waals surface area contributed by atoms with E-state index in [2.05, 4.69) is 0 Å². The van der Waals surface area contributed by atoms with Crippen molar-refractivity contribution in [3.8, 4) is 0 Å². The van der Waals surface area contributed by atoms with E-state index in [-0.39, 0.29) is 24.4 Å². The molecule has 0 aliphatic rings. The lowest BCUT2D eigenvalue weighted by Gasteiger charge is -2.33. The van der Waals surface area contributed by atoms with Gasteiger partial charge in [-0.25, -0.2) is 4.39 Å². The van der Waals surface area contributed by atoms with Gasteiger partial charge in [0.1, 0.15) is 5.82 Å². The van der Waals surface area contributed by atoms with E-state index in [1.807, 2.05) is 18.7 Å². The van der Waals surface area contributed by atoms with Crippen molar-refractivity contribution in [2.45, 2.75) is 25.9 Å². The number of nitrogens with two attached hydrogens (primary N) is 2. The summed E-state index contributed by atoms with van der Waals surface area (Å²) in [5.74, 6) is -0.690. The zero-order valence-corrected chi connectivity index (χ0v) is 10.8. The lowest BCUT2D eigenvalue weighted by molar-refractivity contribution is -0.120. The molecule has 0 aromatic heterocycles. The van der Waals surface area contributed by atoms with Gasteiger partial charge in [0.25, 0.3) is 0 Å². The summed E-state index contributed by atoms with van der Waals surface area (Å²) in [7, 11) is 0. The number of primary amides is 1. The number of amides is 1. The van der Waals surface area contributed by atoms with Crippen LogP contribution in [0, 0.1) is 5.82 Å². The van der Waals surface area contributed by atoms with Crippen LogP contribution < -0.4 is 11.5 Å². The minimum Gasteiger partial charge on any atom is -0.369 e. The molecule has 0 aliphatic carbocycles. The van der Waals surface area contributed by atoms with Gasteiger partial charge in [0, 0.05) is 18.6 Å². The Hall–Kier alpha value is -1.46. The molecule has 1 rings (SSSR count). The number of halogens is 1. The van der Waals surface area contributed by atoms with Crippen LogP contribution in [-0.4, -0.2) is 29.9 Å². The third-order valence-electron chi connectivity index (χ3n) is 2.88. The molecule has 0 spiro atoms. The zero-order chi connectivity index (χ0) is 13.7. The predicted molar refractivity (Wildman–Crippen MR) is 69.2 cm³/mol. The van der Waals surface area contributed by atoms with Gasteiger partial charge in [0.05, 0.1) is 6.54 Å². The highest BCUT2D eigenvalue weighted by Crippen LogP contribution is 2.22. The summed E-state index contributed by atoms with van der Waals surface area (Å²) in [6.45, 7) is 4.41. The molecule has 0 radical (unpaired) electrons. The van der Waals surface area contributed by atoms with E-state index < -0.39 is 5.91 Å². The van der Waals surface area contributed by atoms with E-state index in [9.17, 15) is 9.18 Å². The lowest BCUT2D eigenvalue weighted by Crippen LogP contribution is -2.43. The van der Waals surface area contributed by atoms with Gasteiger partial charge >= 0.3 is 0 Å². The molecule has 0 fully saturated rings. The van der Waals surface area contributed by atoms with Crippen molar-refractivity contribution in [3.63, 3.8) is 0 Å². The van der Waals surface area contributed by atoms with E-state index in [1.165, 1.54) is 12.1 Å². The summed E-state index contributed by atoms with van der Waals surface area (Å²) in [4.78, 5) is 13.0. The van der Waals surface area contributed by atoms with Crippen LogP contribution in [0.1, 0.15) is 25.5 Å². The molecule has 0 aliphatic heterocycles. The molecular weight excluding hydrogens is 233 g/mol. The summed E-state index contributed by atoms with van der Waals surface area (Å²) >= 11 is 0. The third kappa shape index (κ3) is 3.78. The molecule has 1 aromatic rings. The van der Waals surface area contributed by atoms with E-state index in [1.54, 1.807) is 12.1 Å². The second-order valence-corrected chi connectivity index (χ2v) is 4.54. The van der Waals surface area contributed by atoms with Crippen LogP contribution in [0.4, 0.5) is 4.39 Å². The SMILES string of the molecule is CC(C)N(CC(N)=O)C(CN)c1ccc(F)cc1. The number of benzene rings is 1. The Morgan fingerprint density at radius 1 is 1.33 bits per heavy atom. The van der Waals surface area contributed by atoms with Crippen molar-refractivity contribution >= 4 is 5.91 Å². The molecule has 0 heterocycles. The zero-order valence-electron chi connectivity index (χ0n) is 10.8. The highest BCUT2D eigenvalue weighted by Gasteiger charge is 2.23. The van der Waals surface area contributed by atoms with Crippen LogP contribution >= 0.6 is 0 Å². The van der Waals surface area contributed by atoms with Gasteiger partial charge < -0.3 is 11.5 Å². The summed E-state index contributed by atoms with van der Waals surface area (Å²) < 4.78 is 12.9. The average Bonchev–Trinajstić information content (AvgIpc) is 2.30. The Bertz CT molecular complexity index is 392. The van der Waals surface area contributed by atoms with Crippen molar-refractivity contribution in [2.75, 3.05) is 13.1 Å². The molecule has 0 saturated carbocycles. The monoisotopic (exact) mass is 253 g/mol. The number of nitrogens with zero attached hydrogens (tertiary/aromatic N) is 1. The van der Waals surface area contributed by atoms with E-state index in [0.29, 0.717) is 6.54 Å². The van der Waals surface area contributed by atoms with E-state index in [4.69, 9.17) is 11.5 Å². The van der Waals surface area contributed by atoms with Gasteiger partial charge in [-0.1, -0.05) is 12.1 Å². The average molecular weight is 253 g/mol. The van der Waals surface area contributed by atoms with Gasteiger partial charge in [-0.15, -0.1) is 0 Å². The highest BCUT2D eigenvalue weighted by molar-refractivity contribution is 5.76. The van der Waals surface area contributed by atoms with Crippen molar-refractivity contribution in [1.82, 2.24) is 4.90 Å². The molecule has 0 saturated heterocycles. The predicted octanol–water partition coefficient (Wildman–Crippen LogP) is 1.02. The first-order valence-electron chi connectivity index (χ1n) is 5.95. The normalized spacial score (nSPS) is 13.0. The van der Waals surface area contributed by atoms with Crippen LogP contribution in [-0.2, 0) is 4.79 Å². The summed E-state index contributed by atoms with van der Waals surface area (Å²) in [6, 6.07) is 6.13. The molecule has 1 atom stereocenters. The Labute approximate surface area is 107 Å². The fourth-order valence-electron chi connectivity index (χ4n) is 1.98. The fourth-order valence-corrected chi connectivity index (χ4v) is 1.98. The van der Waals surface area contributed by atoms with Crippen LogP contribution in [0.2, 0.25) is 0 Å². The van der Waals surface area contributed by atoms with Crippen LogP contribution in [0.5, 0.6) is 0 Å². The maximum absolute atomic E-state index is 12.9. The number of hydrogen-bond donors (Lipinski definition) is 2. The minimum atomic E-state index is -0.399. The molecule has 1 amide bonds. The molecule has 4 N–H and O–H groups in total. The fraction of sp³-hybridized carbons (Fsp3) is 0.462. The molecule has 0 bridgehead atoms. The summed E-state index contributed by atoms with van der Waals surface area (Å²) in [6.07, 6.45) is 0. The second-order valence-electron chi connectivity index (χ2n) is 4.54. The molecule has 100 valence electrons. The van der Waals surface area contributed by atoms with Gasteiger partial charge in [0.15, 0.2) is 0 Å². The van der Waals surface area contributed by atoms with Crippen molar-refractivity contribution in [3.05, 3.63) is 35.6 Å². The standard InChI is InChI=1S/C13H20FN3O/c1-9(2)17(8-13(16)18)12(7-15)10-3-5-11(14)6-4-10/h3-6,9,12H,7-8,15H2,1-2H3,(H2,16,18). The molecular formula is C13H20FN3O. The van der Waals surface area contributed by atoms with Gasteiger partial charge in [-0.3, -0.25) is 9.69 Å². The smallest absolute Gasteiger partial charge is 0.231 e. The number of hydrogen-bond acceptors (Lipinski definition) is 3.